The highest BCUT2D eigenvalue weighted by atomic mass is 16.2. The topological polar surface area (TPSA) is 75.1 Å². The zero-order valence-electron chi connectivity index (χ0n) is 12.7. The van der Waals surface area contributed by atoms with Gasteiger partial charge in [0.25, 0.3) is 0 Å². The second-order valence-corrected chi connectivity index (χ2v) is 6.68. The van der Waals surface area contributed by atoms with Gasteiger partial charge < -0.3 is 5.32 Å². The smallest absolute Gasteiger partial charge is 0.364 e. The van der Waals surface area contributed by atoms with Crippen molar-refractivity contribution in [2.24, 2.45) is 11.3 Å². The third-order valence-corrected chi connectivity index (χ3v) is 4.42. The summed E-state index contributed by atoms with van der Waals surface area (Å²) < 4.78 is 1.30. The summed E-state index contributed by atoms with van der Waals surface area (Å²) in [5.74, 6) is 1.44. The zero-order chi connectivity index (χ0) is 14.9. The highest BCUT2D eigenvalue weighted by Crippen LogP contribution is 2.43. The number of anilines is 1. The Morgan fingerprint density at radius 2 is 2.14 bits per heavy atom. The van der Waals surface area contributed by atoms with E-state index < -0.39 is 0 Å². The lowest BCUT2D eigenvalue weighted by molar-refractivity contribution is 0.252. The lowest BCUT2D eigenvalue weighted by Crippen LogP contribution is -2.29. The molecule has 0 atom stereocenters. The Hall–Kier alpha value is -1.85. The van der Waals surface area contributed by atoms with Crippen LogP contribution in [0.2, 0.25) is 0 Å². The average molecular weight is 289 g/mol. The normalized spacial score (nSPS) is 17.7. The van der Waals surface area contributed by atoms with E-state index in [0.717, 1.165) is 12.4 Å². The monoisotopic (exact) mass is 289 g/mol. The largest absolute Gasteiger partial charge is 0.368 e. The molecule has 0 amide bonds. The number of H-pyrrole nitrogens is 1. The first-order valence-electron chi connectivity index (χ1n) is 7.76. The van der Waals surface area contributed by atoms with Crippen LogP contribution in [0.15, 0.2) is 16.9 Å². The molecule has 1 fully saturated rings. The van der Waals surface area contributed by atoms with Gasteiger partial charge in [-0.3, -0.25) is 0 Å². The minimum absolute atomic E-state index is 0.300. The Bertz CT molecular complexity index is 666. The molecule has 0 spiro atoms. The Morgan fingerprint density at radius 1 is 1.38 bits per heavy atom. The fraction of sp³-hybridized carbons (Fsp3) is 0.667. The molecule has 0 radical (unpaired) electrons. The summed E-state index contributed by atoms with van der Waals surface area (Å²) in [6.07, 6.45) is 6.45. The van der Waals surface area contributed by atoms with E-state index in [9.17, 15) is 4.79 Å². The van der Waals surface area contributed by atoms with Gasteiger partial charge in [-0.1, -0.05) is 26.7 Å². The van der Waals surface area contributed by atoms with Gasteiger partial charge in [-0.15, -0.1) is 5.10 Å². The van der Waals surface area contributed by atoms with Crippen molar-refractivity contribution in [3.63, 3.8) is 0 Å². The Balaban J connectivity index is 1.75. The predicted octanol–water partition coefficient (Wildman–Crippen LogP) is 2.44. The van der Waals surface area contributed by atoms with Crippen molar-refractivity contribution in [2.45, 2.75) is 46.0 Å². The second-order valence-electron chi connectivity index (χ2n) is 6.68. The van der Waals surface area contributed by atoms with E-state index in [2.05, 4.69) is 34.5 Å². The van der Waals surface area contributed by atoms with Crippen LogP contribution in [-0.2, 0) is 0 Å². The van der Waals surface area contributed by atoms with E-state index in [0.29, 0.717) is 17.0 Å². The van der Waals surface area contributed by atoms with Gasteiger partial charge in [0.1, 0.15) is 5.82 Å². The minimum atomic E-state index is -0.300. The summed E-state index contributed by atoms with van der Waals surface area (Å²) in [7, 11) is 0. The van der Waals surface area contributed by atoms with E-state index >= 15 is 0 Å². The number of aromatic nitrogens is 4. The molecule has 6 nitrogen and oxygen atoms in total. The molecule has 6 heteroatoms. The van der Waals surface area contributed by atoms with Gasteiger partial charge in [0, 0.05) is 6.54 Å². The summed E-state index contributed by atoms with van der Waals surface area (Å²) in [6, 6.07) is 3.69. The Labute approximate surface area is 124 Å². The third-order valence-electron chi connectivity index (χ3n) is 4.42. The summed E-state index contributed by atoms with van der Waals surface area (Å²) >= 11 is 0. The highest BCUT2D eigenvalue weighted by molar-refractivity contribution is 5.43. The fourth-order valence-electron chi connectivity index (χ4n) is 3.62. The number of rotatable bonds is 5. The molecule has 0 bridgehead atoms. The van der Waals surface area contributed by atoms with E-state index in [1.807, 2.05) is 6.07 Å². The quantitative estimate of drug-likeness (QED) is 0.886. The maximum Gasteiger partial charge on any atom is 0.364 e. The van der Waals surface area contributed by atoms with Gasteiger partial charge in [0.05, 0.1) is 0 Å². The SMILES string of the molecule is CC(C)CC1(CNc2ccc3n[nH]c(=O)n3n2)CCCC1. The number of hydrogen-bond donors (Lipinski definition) is 2. The molecule has 1 aliphatic rings. The predicted molar refractivity (Wildman–Crippen MR) is 82.5 cm³/mol. The molecular weight excluding hydrogens is 266 g/mol. The van der Waals surface area contributed by atoms with Crippen molar-refractivity contribution in [3.8, 4) is 0 Å². The molecule has 1 saturated carbocycles. The second kappa shape index (κ2) is 5.50. The third kappa shape index (κ3) is 2.94. The molecular formula is C15H23N5O. The number of nitrogens with one attached hydrogen (secondary N) is 2. The minimum Gasteiger partial charge on any atom is -0.368 e. The van der Waals surface area contributed by atoms with Crippen LogP contribution < -0.4 is 11.0 Å². The molecule has 2 aromatic rings. The van der Waals surface area contributed by atoms with Gasteiger partial charge in [-0.2, -0.15) is 9.61 Å². The van der Waals surface area contributed by atoms with Crippen LogP contribution in [0.3, 0.4) is 0 Å². The van der Waals surface area contributed by atoms with Crippen molar-refractivity contribution in [1.29, 1.82) is 0 Å². The van der Waals surface area contributed by atoms with Crippen LogP contribution >= 0.6 is 0 Å². The van der Waals surface area contributed by atoms with Crippen molar-refractivity contribution in [1.82, 2.24) is 19.8 Å². The standard InChI is InChI=1S/C15H23N5O/c1-11(2)9-15(7-3-4-8-15)10-16-12-5-6-13-17-18-14(21)20(13)19-12/h5-6,11H,3-4,7-10H2,1-2H3,(H,16,19)(H,18,21). The molecule has 0 saturated heterocycles. The lowest BCUT2D eigenvalue weighted by atomic mass is 9.78. The Kier molecular flexibility index (Phi) is 3.69. The molecule has 2 N–H and O–H groups in total. The van der Waals surface area contributed by atoms with Crippen molar-refractivity contribution >= 4 is 11.5 Å². The van der Waals surface area contributed by atoms with Crippen LogP contribution in [-0.4, -0.2) is 26.4 Å². The van der Waals surface area contributed by atoms with Crippen LogP contribution in [0.4, 0.5) is 5.82 Å². The van der Waals surface area contributed by atoms with Crippen molar-refractivity contribution < 1.29 is 0 Å². The maximum atomic E-state index is 11.6. The molecule has 0 aromatic carbocycles. The van der Waals surface area contributed by atoms with E-state index in [-0.39, 0.29) is 5.69 Å². The molecule has 114 valence electrons. The van der Waals surface area contributed by atoms with Gasteiger partial charge in [0.2, 0.25) is 0 Å². The van der Waals surface area contributed by atoms with E-state index in [1.165, 1.54) is 36.6 Å². The van der Waals surface area contributed by atoms with Gasteiger partial charge in [0.15, 0.2) is 5.65 Å². The van der Waals surface area contributed by atoms with Crippen LogP contribution in [0.5, 0.6) is 0 Å². The number of hydrogen-bond acceptors (Lipinski definition) is 4. The Morgan fingerprint density at radius 3 is 2.86 bits per heavy atom. The van der Waals surface area contributed by atoms with Gasteiger partial charge in [-0.05, 0) is 42.7 Å². The maximum absolute atomic E-state index is 11.6. The number of fused-ring (bicyclic) bond motifs is 1. The first-order valence-corrected chi connectivity index (χ1v) is 7.76. The average Bonchev–Trinajstić information content (AvgIpc) is 3.04. The van der Waals surface area contributed by atoms with Crippen LogP contribution in [0.25, 0.3) is 5.65 Å². The van der Waals surface area contributed by atoms with Crippen molar-refractivity contribution in [2.75, 3.05) is 11.9 Å². The summed E-state index contributed by atoms with van der Waals surface area (Å²) in [4.78, 5) is 11.6. The molecule has 3 rings (SSSR count). The highest BCUT2D eigenvalue weighted by Gasteiger charge is 2.34. The van der Waals surface area contributed by atoms with E-state index in [1.54, 1.807) is 6.07 Å². The molecule has 21 heavy (non-hydrogen) atoms. The molecule has 2 heterocycles. The van der Waals surface area contributed by atoms with E-state index in [4.69, 9.17) is 0 Å². The first-order chi connectivity index (χ1) is 10.1. The number of nitrogens with zero attached hydrogens (tertiary/aromatic N) is 3. The van der Waals surface area contributed by atoms with Crippen LogP contribution in [0.1, 0.15) is 46.0 Å². The number of aromatic amines is 1. The molecule has 2 aromatic heterocycles. The zero-order valence-corrected chi connectivity index (χ0v) is 12.7. The van der Waals surface area contributed by atoms with Gasteiger partial charge in [-0.25, -0.2) is 9.89 Å². The first kappa shape index (κ1) is 14.1. The summed E-state index contributed by atoms with van der Waals surface area (Å²) in [5, 5.41) is 14.0. The van der Waals surface area contributed by atoms with Gasteiger partial charge >= 0.3 is 5.69 Å². The molecule has 0 aliphatic heterocycles. The van der Waals surface area contributed by atoms with Crippen molar-refractivity contribution in [3.05, 3.63) is 22.6 Å². The molecule has 0 unspecified atom stereocenters. The lowest BCUT2D eigenvalue weighted by Gasteiger charge is -2.31. The summed E-state index contributed by atoms with van der Waals surface area (Å²) in [6.45, 7) is 5.50. The summed E-state index contributed by atoms with van der Waals surface area (Å²) in [5.41, 5.74) is 0.626. The molecule has 1 aliphatic carbocycles. The van der Waals surface area contributed by atoms with Crippen LogP contribution in [0, 0.1) is 11.3 Å². The fourth-order valence-corrected chi connectivity index (χ4v) is 3.62.